The SMILES string of the molecule is S=c1nc(C2CCCO2)[nH]c2c1CNCC2. The first-order chi connectivity index (χ1) is 7.84. The zero-order chi connectivity index (χ0) is 11.0. The molecule has 1 aromatic heterocycles. The van der Waals surface area contributed by atoms with Crippen LogP contribution in [-0.2, 0) is 17.7 Å². The van der Waals surface area contributed by atoms with Crippen molar-refractivity contribution in [2.45, 2.75) is 31.9 Å². The average Bonchev–Trinajstić information content (AvgIpc) is 2.82. The molecule has 0 aromatic carbocycles. The van der Waals surface area contributed by atoms with E-state index in [0.29, 0.717) is 0 Å². The zero-order valence-electron chi connectivity index (χ0n) is 9.08. The fourth-order valence-corrected chi connectivity index (χ4v) is 2.63. The highest BCUT2D eigenvalue weighted by Crippen LogP contribution is 2.27. The van der Waals surface area contributed by atoms with Gasteiger partial charge in [0.1, 0.15) is 16.6 Å². The van der Waals surface area contributed by atoms with E-state index >= 15 is 0 Å². The van der Waals surface area contributed by atoms with Gasteiger partial charge in [-0.2, -0.15) is 0 Å². The van der Waals surface area contributed by atoms with Gasteiger partial charge in [0.05, 0.1) is 0 Å². The van der Waals surface area contributed by atoms with Gasteiger partial charge in [0.15, 0.2) is 0 Å². The summed E-state index contributed by atoms with van der Waals surface area (Å²) < 4.78 is 6.36. The fraction of sp³-hybridized carbons (Fsp3) is 0.636. The topological polar surface area (TPSA) is 49.9 Å². The summed E-state index contributed by atoms with van der Waals surface area (Å²) in [7, 11) is 0. The fourth-order valence-electron chi connectivity index (χ4n) is 2.33. The molecule has 5 heteroatoms. The molecule has 86 valence electrons. The molecular formula is C11H15N3OS. The molecule has 0 spiro atoms. The second-order valence-electron chi connectivity index (χ2n) is 4.31. The molecule has 1 aromatic rings. The highest BCUT2D eigenvalue weighted by atomic mass is 32.1. The lowest BCUT2D eigenvalue weighted by molar-refractivity contribution is 0.104. The maximum Gasteiger partial charge on any atom is 0.137 e. The van der Waals surface area contributed by atoms with E-state index in [1.807, 2.05) is 0 Å². The Hall–Kier alpha value is -0.780. The second kappa shape index (κ2) is 4.24. The molecule has 1 saturated heterocycles. The van der Waals surface area contributed by atoms with E-state index in [1.54, 1.807) is 0 Å². The van der Waals surface area contributed by atoms with E-state index in [4.69, 9.17) is 17.0 Å². The van der Waals surface area contributed by atoms with E-state index in [2.05, 4.69) is 15.3 Å². The maximum atomic E-state index is 5.63. The lowest BCUT2D eigenvalue weighted by atomic mass is 10.1. The van der Waals surface area contributed by atoms with E-state index in [0.717, 1.165) is 55.0 Å². The Kier molecular flexibility index (Phi) is 2.75. The predicted molar refractivity (Wildman–Crippen MR) is 62.8 cm³/mol. The molecule has 1 fully saturated rings. The molecule has 3 heterocycles. The van der Waals surface area contributed by atoms with Crippen molar-refractivity contribution in [2.24, 2.45) is 0 Å². The van der Waals surface area contributed by atoms with Crippen LogP contribution in [-0.4, -0.2) is 23.1 Å². The number of nitrogens with one attached hydrogen (secondary N) is 2. The second-order valence-corrected chi connectivity index (χ2v) is 4.70. The predicted octanol–water partition coefficient (Wildman–Crippen LogP) is 1.64. The van der Waals surface area contributed by atoms with Gasteiger partial charge in [-0.05, 0) is 12.8 Å². The third kappa shape index (κ3) is 1.79. The molecule has 0 amide bonds. The Morgan fingerprint density at radius 1 is 1.44 bits per heavy atom. The number of aromatic amines is 1. The summed E-state index contributed by atoms with van der Waals surface area (Å²) in [6.07, 6.45) is 3.30. The lowest BCUT2D eigenvalue weighted by Gasteiger charge is -2.19. The van der Waals surface area contributed by atoms with Gasteiger partial charge in [0, 0.05) is 37.4 Å². The molecule has 0 saturated carbocycles. The highest BCUT2D eigenvalue weighted by Gasteiger charge is 2.22. The van der Waals surface area contributed by atoms with Gasteiger partial charge in [-0.1, -0.05) is 12.2 Å². The maximum absolute atomic E-state index is 5.63. The first-order valence-corrected chi connectivity index (χ1v) is 6.20. The van der Waals surface area contributed by atoms with Crippen LogP contribution in [0.5, 0.6) is 0 Å². The minimum atomic E-state index is 0.127. The smallest absolute Gasteiger partial charge is 0.137 e. The molecule has 0 bridgehead atoms. The number of aromatic nitrogens is 2. The Labute approximate surface area is 99.4 Å². The molecule has 1 atom stereocenters. The van der Waals surface area contributed by atoms with Crippen molar-refractivity contribution in [3.05, 3.63) is 21.7 Å². The number of fused-ring (bicyclic) bond motifs is 1. The number of nitrogens with zero attached hydrogens (tertiary/aromatic N) is 1. The quantitative estimate of drug-likeness (QED) is 0.729. The van der Waals surface area contributed by atoms with Crippen molar-refractivity contribution in [3.8, 4) is 0 Å². The van der Waals surface area contributed by atoms with E-state index in [1.165, 1.54) is 5.69 Å². The van der Waals surface area contributed by atoms with Gasteiger partial charge in [-0.3, -0.25) is 0 Å². The first-order valence-electron chi connectivity index (χ1n) is 5.79. The average molecular weight is 237 g/mol. The first kappa shape index (κ1) is 10.4. The van der Waals surface area contributed by atoms with Crippen LogP contribution in [0.2, 0.25) is 0 Å². The summed E-state index contributed by atoms with van der Waals surface area (Å²) >= 11 is 5.34. The number of hydrogen-bond donors (Lipinski definition) is 2. The number of ether oxygens (including phenoxy) is 1. The molecule has 4 nitrogen and oxygen atoms in total. The highest BCUT2D eigenvalue weighted by molar-refractivity contribution is 7.71. The molecule has 2 aliphatic rings. The van der Waals surface area contributed by atoms with Gasteiger partial charge in [0.25, 0.3) is 0 Å². The van der Waals surface area contributed by atoms with Gasteiger partial charge in [-0.25, -0.2) is 4.98 Å². The standard InChI is InChI=1S/C11H15N3OS/c16-11-7-6-12-4-3-8(7)13-10(14-11)9-2-1-5-15-9/h9,12H,1-6H2,(H,13,14,16). The Morgan fingerprint density at radius 3 is 3.19 bits per heavy atom. The van der Waals surface area contributed by atoms with Gasteiger partial charge in [-0.15, -0.1) is 0 Å². The van der Waals surface area contributed by atoms with Crippen LogP contribution in [0, 0.1) is 4.64 Å². The van der Waals surface area contributed by atoms with Crippen LogP contribution >= 0.6 is 12.2 Å². The monoisotopic (exact) mass is 237 g/mol. The van der Waals surface area contributed by atoms with Gasteiger partial charge >= 0.3 is 0 Å². The van der Waals surface area contributed by atoms with Crippen molar-refractivity contribution < 1.29 is 4.74 Å². The molecule has 2 N–H and O–H groups in total. The minimum absolute atomic E-state index is 0.127. The third-order valence-corrected chi connectivity index (χ3v) is 3.55. The summed E-state index contributed by atoms with van der Waals surface area (Å²) in [5.41, 5.74) is 2.40. The van der Waals surface area contributed by atoms with Gasteiger partial charge in [0.2, 0.25) is 0 Å². The van der Waals surface area contributed by atoms with Crippen molar-refractivity contribution in [2.75, 3.05) is 13.2 Å². The molecule has 2 aliphatic heterocycles. The number of rotatable bonds is 1. The Morgan fingerprint density at radius 2 is 2.38 bits per heavy atom. The van der Waals surface area contributed by atoms with Gasteiger partial charge < -0.3 is 15.0 Å². The summed E-state index contributed by atoms with van der Waals surface area (Å²) in [4.78, 5) is 7.87. The summed E-state index contributed by atoms with van der Waals surface area (Å²) in [5.74, 6) is 0.920. The summed E-state index contributed by atoms with van der Waals surface area (Å²) in [5, 5.41) is 3.31. The van der Waals surface area contributed by atoms with Crippen LogP contribution in [0.4, 0.5) is 0 Å². The summed E-state index contributed by atoms with van der Waals surface area (Å²) in [6, 6.07) is 0. The van der Waals surface area contributed by atoms with Crippen LogP contribution in [0.15, 0.2) is 0 Å². The van der Waals surface area contributed by atoms with E-state index < -0.39 is 0 Å². The van der Waals surface area contributed by atoms with E-state index in [-0.39, 0.29) is 6.10 Å². The molecule has 1 unspecified atom stereocenters. The van der Waals surface area contributed by atoms with E-state index in [9.17, 15) is 0 Å². The lowest BCUT2D eigenvalue weighted by Crippen LogP contribution is -2.26. The van der Waals surface area contributed by atoms with Crippen molar-refractivity contribution in [1.29, 1.82) is 0 Å². The molecule has 16 heavy (non-hydrogen) atoms. The van der Waals surface area contributed by atoms with Crippen molar-refractivity contribution in [1.82, 2.24) is 15.3 Å². The molecule has 0 radical (unpaired) electrons. The molecular weight excluding hydrogens is 222 g/mol. The molecule has 3 rings (SSSR count). The normalized spacial score (nSPS) is 24.4. The van der Waals surface area contributed by atoms with Crippen LogP contribution in [0.1, 0.15) is 36.0 Å². The molecule has 0 aliphatic carbocycles. The summed E-state index contributed by atoms with van der Waals surface area (Å²) in [6.45, 7) is 2.68. The number of H-pyrrole nitrogens is 1. The largest absolute Gasteiger partial charge is 0.370 e. The van der Waals surface area contributed by atoms with Crippen molar-refractivity contribution in [3.63, 3.8) is 0 Å². The number of hydrogen-bond acceptors (Lipinski definition) is 4. The van der Waals surface area contributed by atoms with Crippen LogP contribution < -0.4 is 5.32 Å². The van der Waals surface area contributed by atoms with Crippen LogP contribution in [0.25, 0.3) is 0 Å². The van der Waals surface area contributed by atoms with Crippen LogP contribution in [0.3, 0.4) is 0 Å². The third-order valence-electron chi connectivity index (χ3n) is 3.21. The Bertz CT molecular complexity index is 451. The Balaban J connectivity index is 2.01. The zero-order valence-corrected chi connectivity index (χ0v) is 9.90. The van der Waals surface area contributed by atoms with Crippen molar-refractivity contribution >= 4 is 12.2 Å². The minimum Gasteiger partial charge on any atom is -0.370 e.